The van der Waals surface area contributed by atoms with E-state index in [1.165, 1.54) is 6.92 Å². The van der Waals surface area contributed by atoms with E-state index in [9.17, 15) is 9.59 Å². The summed E-state index contributed by atoms with van der Waals surface area (Å²) in [5.74, 6) is 0.226. The number of nitrogens with one attached hydrogen (secondary N) is 1. The highest BCUT2D eigenvalue weighted by Gasteiger charge is 2.25. The molecule has 1 aromatic carbocycles. The molecule has 0 aliphatic carbocycles. The molecule has 1 aliphatic heterocycles. The highest BCUT2D eigenvalue weighted by Crippen LogP contribution is 2.21. The molecule has 1 heterocycles. The van der Waals surface area contributed by atoms with E-state index in [0.717, 1.165) is 18.4 Å². The predicted octanol–water partition coefficient (Wildman–Crippen LogP) is 1.48. The molecule has 1 unspecified atom stereocenters. The van der Waals surface area contributed by atoms with Gasteiger partial charge in [-0.05, 0) is 24.3 Å². The van der Waals surface area contributed by atoms with Gasteiger partial charge in [0.05, 0.1) is 12.5 Å². The molecule has 1 fully saturated rings. The van der Waals surface area contributed by atoms with Gasteiger partial charge < -0.3 is 15.3 Å². The van der Waals surface area contributed by atoms with Crippen molar-refractivity contribution in [1.29, 1.82) is 0 Å². The Morgan fingerprint density at radius 1 is 1.27 bits per heavy atom. The van der Waals surface area contributed by atoms with Crippen molar-refractivity contribution in [1.82, 2.24) is 10.2 Å². The zero-order valence-electron chi connectivity index (χ0n) is 13.0. The molecule has 1 atom stereocenters. The molecule has 0 bridgehead atoms. The highest BCUT2D eigenvalue weighted by atomic mass is 16.3. The van der Waals surface area contributed by atoms with Gasteiger partial charge in [-0.3, -0.25) is 9.59 Å². The summed E-state index contributed by atoms with van der Waals surface area (Å²) in [4.78, 5) is 25.7. The number of aliphatic hydroxyl groups is 1. The van der Waals surface area contributed by atoms with Gasteiger partial charge in [0, 0.05) is 26.6 Å². The normalized spacial score (nSPS) is 17.1. The van der Waals surface area contributed by atoms with Gasteiger partial charge in [-0.15, -0.1) is 0 Å². The van der Waals surface area contributed by atoms with Gasteiger partial charge in [0.25, 0.3) is 0 Å². The van der Waals surface area contributed by atoms with Crippen LogP contribution >= 0.6 is 0 Å². The maximum absolute atomic E-state index is 12.5. The van der Waals surface area contributed by atoms with Crippen molar-refractivity contribution in [2.45, 2.75) is 32.2 Å². The lowest BCUT2D eigenvalue weighted by Crippen LogP contribution is -2.41. The summed E-state index contributed by atoms with van der Waals surface area (Å²) in [5, 5.41) is 12.0. The van der Waals surface area contributed by atoms with Crippen molar-refractivity contribution < 1.29 is 14.7 Å². The first-order valence-electron chi connectivity index (χ1n) is 7.81. The average molecular weight is 304 g/mol. The molecule has 5 heteroatoms. The lowest BCUT2D eigenvalue weighted by atomic mass is 9.96. The van der Waals surface area contributed by atoms with Gasteiger partial charge in [-0.1, -0.05) is 30.3 Å². The van der Waals surface area contributed by atoms with Crippen LogP contribution in [0.25, 0.3) is 0 Å². The van der Waals surface area contributed by atoms with Crippen LogP contribution in [0.4, 0.5) is 0 Å². The molecule has 5 nitrogen and oxygen atoms in total. The van der Waals surface area contributed by atoms with Crippen LogP contribution in [0.1, 0.15) is 37.8 Å². The number of likely N-dealkylation sites (tertiary alicyclic amines) is 1. The van der Waals surface area contributed by atoms with Gasteiger partial charge in [-0.25, -0.2) is 0 Å². The van der Waals surface area contributed by atoms with Crippen LogP contribution in [0.3, 0.4) is 0 Å². The van der Waals surface area contributed by atoms with Crippen LogP contribution in [-0.2, 0) is 9.59 Å². The molecule has 0 aromatic heterocycles. The SMILES string of the molecule is CC(=O)NC(CC(=O)N1CCC(CO)CC1)c1ccccc1. The lowest BCUT2D eigenvalue weighted by molar-refractivity contribution is -0.133. The number of amides is 2. The maximum Gasteiger partial charge on any atom is 0.224 e. The number of rotatable bonds is 5. The Morgan fingerprint density at radius 2 is 1.91 bits per heavy atom. The highest BCUT2D eigenvalue weighted by molar-refractivity contribution is 5.79. The molecule has 0 radical (unpaired) electrons. The zero-order valence-corrected chi connectivity index (χ0v) is 13.0. The van der Waals surface area contributed by atoms with E-state index in [4.69, 9.17) is 5.11 Å². The van der Waals surface area contributed by atoms with Crippen LogP contribution in [0.15, 0.2) is 30.3 Å². The minimum atomic E-state index is -0.290. The van der Waals surface area contributed by atoms with Crippen LogP contribution < -0.4 is 5.32 Å². The zero-order chi connectivity index (χ0) is 15.9. The Labute approximate surface area is 131 Å². The molecule has 22 heavy (non-hydrogen) atoms. The summed E-state index contributed by atoms with van der Waals surface area (Å²) >= 11 is 0. The quantitative estimate of drug-likeness (QED) is 0.866. The minimum Gasteiger partial charge on any atom is -0.396 e. The van der Waals surface area contributed by atoms with Gasteiger partial charge >= 0.3 is 0 Å². The van der Waals surface area contributed by atoms with E-state index in [0.29, 0.717) is 19.0 Å². The summed E-state index contributed by atoms with van der Waals surface area (Å²) < 4.78 is 0. The fraction of sp³-hybridized carbons (Fsp3) is 0.529. The second-order valence-electron chi connectivity index (χ2n) is 5.87. The Hall–Kier alpha value is -1.88. The lowest BCUT2D eigenvalue weighted by Gasteiger charge is -2.32. The van der Waals surface area contributed by atoms with E-state index in [-0.39, 0.29) is 30.9 Å². The van der Waals surface area contributed by atoms with Crippen molar-refractivity contribution in [3.63, 3.8) is 0 Å². The molecule has 1 aromatic rings. The Kier molecular flexibility index (Phi) is 5.95. The molecular formula is C17H24N2O3. The van der Waals surface area contributed by atoms with Crippen LogP contribution in [0.2, 0.25) is 0 Å². The smallest absolute Gasteiger partial charge is 0.224 e. The van der Waals surface area contributed by atoms with Crippen molar-refractivity contribution in [2.75, 3.05) is 19.7 Å². The van der Waals surface area contributed by atoms with Crippen LogP contribution in [0.5, 0.6) is 0 Å². The minimum absolute atomic E-state index is 0.0546. The molecule has 1 saturated heterocycles. The number of hydrogen-bond acceptors (Lipinski definition) is 3. The summed E-state index contributed by atoms with van der Waals surface area (Å²) in [6.07, 6.45) is 1.96. The topological polar surface area (TPSA) is 69.6 Å². The number of piperidine rings is 1. The van der Waals surface area contributed by atoms with E-state index >= 15 is 0 Å². The Balaban J connectivity index is 1.98. The number of hydrogen-bond donors (Lipinski definition) is 2. The Morgan fingerprint density at radius 3 is 2.45 bits per heavy atom. The third kappa shape index (κ3) is 4.56. The number of nitrogens with zero attached hydrogens (tertiary/aromatic N) is 1. The number of carbonyl (C=O) groups is 2. The van der Waals surface area contributed by atoms with Gasteiger partial charge in [0.15, 0.2) is 0 Å². The van der Waals surface area contributed by atoms with Crippen molar-refractivity contribution in [2.24, 2.45) is 5.92 Å². The second-order valence-corrected chi connectivity index (χ2v) is 5.87. The fourth-order valence-electron chi connectivity index (χ4n) is 2.85. The molecule has 2 rings (SSSR count). The van der Waals surface area contributed by atoms with E-state index in [2.05, 4.69) is 5.32 Å². The van der Waals surface area contributed by atoms with Crippen molar-refractivity contribution in [3.8, 4) is 0 Å². The molecule has 0 spiro atoms. The number of carbonyl (C=O) groups excluding carboxylic acids is 2. The largest absolute Gasteiger partial charge is 0.396 e. The Bertz CT molecular complexity index is 496. The second kappa shape index (κ2) is 7.94. The van der Waals surface area contributed by atoms with E-state index in [1.807, 2.05) is 35.2 Å². The standard InChI is InChI=1S/C17H24N2O3/c1-13(21)18-16(15-5-3-2-4-6-15)11-17(22)19-9-7-14(12-20)8-10-19/h2-6,14,16,20H,7-12H2,1H3,(H,18,21). The molecule has 2 amide bonds. The maximum atomic E-state index is 12.5. The monoisotopic (exact) mass is 304 g/mol. The van der Waals surface area contributed by atoms with E-state index in [1.54, 1.807) is 0 Å². The van der Waals surface area contributed by atoms with Gasteiger partial charge in [0.2, 0.25) is 11.8 Å². The average Bonchev–Trinajstić information content (AvgIpc) is 2.54. The van der Waals surface area contributed by atoms with E-state index < -0.39 is 0 Å². The first-order chi connectivity index (χ1) is 10.6. The summed E-state index contributed by atoms with van der Waals surface area (Å²) in [6, 6.07) is 9.28. The van der Waals surface area contributed by atoms with Crippen LogP contribution in [-0.4, -0.2) is 41.5 Å². The molecule has 0 saturated carbocycles. The molecular weight excluding hydrogens is 280 g/mol. The van der Waals surface area contributed by atoms with Gasteiger partial charge in [-0.2, -0.15) is 0 Å². The van der Waals surface area contributed by atoms with Crippen molar-refractivity contribution in [3.05, 3.63) is 35.9 Å². The third-order valence-electron chi connectivity index (χ3n) is 4.18. The summed E-state index contributed by atoms with van der Waals surface area (Å²) in [6.45, 7) is 3.03. The third-order valence-corrected chi connectivity index (χ3v) is 4.18. The van der Waals surface area contributed by atoms with Gasteiger partial charge in [0.1, 0.15) is 0 Å². The number of aliphatic hydroxyl groups excluding tert-OH is 1. The number of benzene rings is 1. The molecule has 120 valence electrons. The first kappa shape index (κ1) is 16.5. The molecule has 1 aliphatic rings. The molecule has 2 N–H and O–H groups in total. The van der Waals surface area contributed by atoms with Crippen LogP contribution in [0, 0.1) is 5.92 Å². The summed E-state index contributed by atoms with van der Waals surface area (Å²) in [7, 11) is 0. The van der Waals surface area contributed by atoms with Crippen molar-refractivity contribution >= 4 is 11.8 Å². The first-order valence-corrected chi connectivity index (χ1v) is 7.81. The predicted molar refractivity (Wildman–Crippen MR) is 84.0 cm³/mol. The fourth-order valence-corrected chi connectivity index (χ4v) is 2.85. The summed E-state index contributed by atoms with van der Waals surface area (Å²) in [5.41, 5.74) is 0.941.